The van der Waals surface area contributed by atoms with Gasteiger partial charge in [0.2, 0.25) is 0 Å². The maximum Gasteiger partial charge on any atom is 0.293 e. The molecule has 7 heteroatoms. The van der Waals surface area contributed by atoms with Crippen molar-refractivity contribution in [3.8, 4) is 0 Å². The van der Waals surface area contributed by atoms with Crippen LogP contribution >= 0.6 is 11.6 Å². The predicted octanol–water partition coefficient (Wildman–Crippen LogP) is 3.04. The number of aromatic nitrogens is 2. The quantitative estimate of drug-likeness (QED) is 0.826. The molecule has 25 heavy (non-hydrogen) atoms. The van der Waals surface area contributed by atoms with Crippen molar-refractivity contribution in [2.75, 3.05) is 24.5 Å². The summed E-state index contributed by atoms with van der Waals surface area (Å²) >= 11 is 6.09. The van der Waals surface area contributed by atoms with Gasteiger partial charge >= 0.3 is 0 Å². The van der Waals surface area contributed by atoms with Crippen molar-refractivity contribution < 1.29 is 9.53 Å². The highest BCUT2D eigenvalue weighted by atomic mass is 35.5. The van der Waals surface area contributed by atoms with Crippen LogP contribution in [0.3, 0.4) is 0 Å². The molecule has 0 amide bonds. The molecule has 0 aliphatic carbocycles. The predicted molar refractivity (Wildman–Crippen MR) is 101 cm³/mol. The van der Waals surface area contributed by atoms with Crippen LogP contribution in [0.5, 0.6) is 0 Å². The zero-order valence-electron chi connectivity index (χ0n) is 15.1. The maximum atomic E-state index is 9.60. The minimum Gasteiger partial charge on any atom is -0.462 e. The van der Waals surface area contributed by atoms with E-state index in [1.54, 1.807) is 0 Å². The van der Waals surface area contributed by atoms with E-state index in [9.17, 15) is 4.79 Å². The van der Waals surface area contributed by atoms with E-state index in [1.165, 1.54) is 0 Å². The molecule has 136 valence electrons. The van der Waals surface area contributed by atoms with Crippen molar-refractivity contribution >= 4 is 34.7 Å². The summed E-state index contributed by atoms with van der Waals surface area (Å²) in [5, 5.41) is 14.3. The minimum atomic E-state index is -0.318. The van der Waals surface area contributed by atoms with Gasteiger partial charge in [0.15, 0.2) is 11.0 Å². The summed E-state index contributed by atoms with van der Waals surface area (Å²) in [7, 11) is 0. The Kier molecular flexibility index (Phi) is 6.56. The molecule has 1 aliphatic rings. The minimum absolute atomic E-state index is 0.318. The molecule has 1 aromatic heterocycles. The monoisotopic (exact) mass is 364 g/mol. The lowest BCUT2D eigenvalue weighted by Crippen LogP contribution is -2.49. The second-order valence-electron chi connectivity index (χ2n) is 6.99. The Labute approximate surface area is 153 Å². The fraction of sp³-hybridized carbons (Fsp3) is 0.500. The Bertz CT molecular complexity index is 718. The molecule has 1 aliphatic heterocycles. The third-order valence-electron chi connectivity index (χ3n) is 3.69. The summed E-state index contributed by atoms with van der Waals surface area (Å²) in [6.45, 7) is 11.0. The van der Waals surface area contributed by atoms with Gasteiger partial charge in [0.25, 0.3) is 6.47 Å². The molecule has 2 heterocycles. The summed E-state index contributed by atoms with van der Waals surface area (Å²) < 4.78 is 4.55. The highest BCUT2D eigenvalue weighted by molar-refractivity contribution is 6.34. The SMILES string of the molecule is CC(C)(C)OC=O.CC1CN(c2nnc(Cl)c3ccccc23)CCN1. The molecular formula is C18H25ClN4O2. The van der Waals surface area contributed by atoms with Crippen molar-refractivity contribution in [1.29, 1.82) is 0 Å². The van der Waals surface area contributed by atoms with Crippen LogP contribution < -0.4 is 10.2 Å². The van der Waals surface area contributed by atoms with Gasteiger partial charge in [-0.3, -0.25) is 4.79 Å². The second kappa shape index (κ2) is 8.45. The van der Waals surface area contributed by atoms with Gasteiger partial charge in [-0.05, 0) is 27.7 Å². The van der Waals surface area contributed by atoms with Gasteiger partial charge in [0, 0.05) is 36.4 Å². The Morgan fingerprint density at radius 1 is 1.28 bits per heavy atom. The number of rotatable bonds is 2. The fourth-order valence-corrected chi connectivity index (χ4v) is 2.76. The van der Waals surface area contributed by atoms with Crippen LogP contribution in [0.4, 0.5) is 5.82 Å². The molecule has 1 saturated heterocycles. The van der Waals surface area contributed by atoms with E-state index in [0.29, 0.717) is 17.7 Å². The average molecular weight is 365 g/mol. The first-order valence-corrected chi connectivity index (χ1v) is 8.70. The van der Waals surface area contributed by atoms with E-state index in [-0.39, 0.29) is 5.60 Å². The van der Waals surface area contributed by atoms with E-state index in [4.69, 9.17) is 11.6 Å². The molecular weight excluding hydrogens is 340 g/mol. The second-order valence-corrected chi connectivity index (χ2v) is 7.35. The van der Waals surface area contributed by atoms with E-state index in [0.717, 1.165) is 36.2 Å². The number of fused-ring (bicyclic) bond motifs is 1. The molecule has 1 aromatic carbocycles. The summed E-state index contributed by atoms with van der Waals surface area (Å²) in [6.07, 6.45) is 0. The number of hydrogen-bond acceptors (Lipinski definition) is 6. The summed E-state index contributed by atoms with van der Waals surface area (Å²) in [4.78, 5) is 11.9. The smallest absolute Gasteiger partial charge is 0.293 e. The van der Waals surface area contributed by atoms with Crippen LogP contribution in [0.2, 0.25) is 5.15 Å². The molecule has 1 N–H and O–H groups in total. The van der Waals surface area contributed by atoms with E-state index in [1.807, 2.05) is 39.0 Å². The zero-order valence-corrected chi connectivity index (χ0v) is 15.9. The lowest BCUT2D eigenvalue weighted by atomic mass is 10.1. The molecule has 0 spiro atoms. The molecule has 1 atom stereocenters. The van der Waals surface area contributed by atoms with Crippen molar-refractivity contribution in [3.05, 3.63) is 29.4 Å². The first-order chi connectivity index (χ1) is 11.8. The van der Waals surface area contributed by atoms with Gasteiger partial charge in [0.1, 0.15) is 5.60 Å². The number of ether oxygens (including phenoxy) is 1. The van der Waals surface area contributed by atoms with Crippen molar-refractivity contribution in [2.45, 2.75) is 39.3 Å². The number of carbonyl (C=O) groups excluding carboxylic acids is 1. The number of benzene rings is 1. The number of hydrogen-bond donors (Lipinski definition) is 1. The van der Waals surface area contributed by atoms with Crippen LogP contribution in [0.15, 0.2) is 24.3 Å². The molecule has 2 aromatic rings. The van der Waals surface area contributed by atoms with Gasteiger partial charge < -0.3 is 15.0 Å². The van der Waals surface area contributed by atoms with Crippen LogP contribution in [-0.2, 0) is 9.53 Å². The third kappa shape index (κ3) is 5.54. The summed E-state index contributed by atoms with van der Waals surface area (Å²) in [5.74, 6) is 0.934. The molecule has 0 bridgehead atoms. The zero-order chi connectivity index (χ0) is 18.4. The van der Waals surface area contributed by atoms with Crippen LogP contribution in [0.25, 0.3) is 10.8 Å². The molecule has 3 rings (SSSR count). The first kappa shape index (κ1) is 19.4. The topological polar surface area (TPSA) is 67.3 Å². The Morgan fingerprint density at radius 3 is 2.52 bits per heavy atom. The van der Waals surface area contributed by atoms with Crippen molar-refractivity contribution in [3.63, 3.8) is 0 Å². The lowest BCUT2D eigenvalue weighted by Gasteiger charge is -2.33. The first-order valence-electron chi connectivity index (χ1n) is 8.32. The molecule has 1 fully saturated rings. The highest BCUT2D eigenvalue weighted by Gasteiger charge is 2.19. The van der Waals surface area contributed by atoms with Gasteiger partial charge in [-0.1, -0.05) is 35.9 Å². The standard InChI is InChI=1S/C13H15ClN4.C5H10O2/c1-9-8-18(7-6-15-9)13-11-5-3-2-4-10(11)12(14)16-17-13;1-5(2,3)7-4-6/h2-5,9,15H,6-8H2,1H3;4H,1-3H3. The van der Waals surface area contributed by atoms with Crippen molar-refractivity contribution in [1.82, 2.24) is 15.5 Å². The highest BCUT2D eigenvalue weighted by Crippen LogP contribution is 2.28. The number of piperazine rings is 1. The van der Waals surface area contributed by atoms with Crippen molar-refractivity contribution in [2.24, 2.45) is 0 Å². The average Bonchev–Trinajstić information content (AvgIpc) is 2.55. The van der Waals surface area contributed by atoms with Gasteiger partial charge in [-0.25, -0.2) is 0 Å². The van der Waals surface area contributed by atoms with Gasteiger partial charge in [-0.15, -0.1) is 10.2 Å². The van der Waals surface area contributed by atoms with E-state index >= 15 is 0 Å². The Balaban J connectivity index is 0.000000277. The Hall–Kier alpha value is -1.92. The van der Waals surface area contributed by atoms with E-state index in [2.05, 4.69) is 38.1 Å². The van der Waals surface area contributed by atoms with Crippen LogP contribution in [0, 0.1) is 0 Å². The van der Waals surface area contributed by atoms with Gasteiger partial charge in [0.05, 0.1) is 0 Å². The molecule has 6 nitrogen and oxygen atoms in total. The van der Waals surface area contributed by atoms with Crippen LogP contribution in [-0.4, -0.2) is 47.9 Å². The Morgan fingerprint density at radius 2 is 1.96 bits per heavy atom. The van der Waals surface area contributed by atoms with Gasteiger partial charge in [-0.2, -0.15) is 0 Å². The number of nitrogens with one attached hydrogen (secondary N) is 1. The van der Waals surface area contributed by atoms with E-state index < -0.39 is 0 Å². The number of carbonyl (C=O) groups is 1. The fourth-order valence-electron chi connectivity index (χ4n) is 2.56. The molecule has 1 unspecified atom stereocenters. The summed E-state index contributed by atoms with van der Waals surface area (Å²) in [5.41, 5.74) is -0.318. The molecule has 0 saturated carbocycles. The number of nitrogens with zero attached hydrogens (tertiary/aromatic N) is 3. The number of halogens is 1. The molecule has 0 radical (unpaired) electrons. The number of anilines is 1. The maximum absolute atomic E-state index is 9.60. The summed E-state index contributed by atoms with van der Waals surface area (Å²) in [6, 6.07) is 8.49. The third-order valence-corrected chi connectivity index (χ3v) is 3.97. The lowest BCUT2D eigenvalue weighted by molar-refractivity contribution is -0.138. The normalized spacial score (nSPS) is 17.6. The largest absolute Gasteiger partial charge is 0.462 e. The van der Waals surface area contributed by atoms with Crippen LogP contribution in [0.1, 0.15) is 27.7 Å².